The van der Waals surface area contributed by atoms with Crippen LogP contribution in [0.5, 0.6) is 0 Å². The molecule has 0 aliphatic carbocycles. The normalized spacial score (nSPS) is 9.43. The van der Waals surface area contributed by atoms with E-state index in [-0.39, 0.29) is 6.67 Å². The van der Waals surface area contributed by atoms with Crippen LogP contribution in [0.25, 0.3) is 0 Å². The van der Waals surface area contributed by atoms with Gasteiger partial charge in [-0.3, -0.25) is 4.39 Å². The monoisotopic (exact) mass is 107 g/mol. The second-order valence-corrected chi connectivity index (χ2v) is 1.14. The molecule has 0 atom stereocenters. The van der Waals surface area contributed by atoms with Crippen LogP contribution < -0.4 is 5.48 Å². The number of alkyl halides is 1. The predicted molar refractivity (Wildman–Crippen MR) is 25.6 cm³/mol. The molecule has 7 heavy (non-hydrogen) atoms. The molecule has 44 valence electrons. The lowest BCUT2D eigenvalue weighted by molar-refractivity contribution is 0.0895. The van der Waals surface area contributed by atoms with Gasteiger partial charge in [-0.2, -0.15) is 0 Å². The van der Waals surface area contributed by atoms with Gasteiger partial charge in [0.05, 0.1) is 13.8 Å². The zero-order valence-electron chi connectivity index (χ0n) is 4.41. The van der Waals surface area contributed by atoms with Crippen LogP contribution in [0.3, 0.4) is 0 Å². The van der Waals surface area contributed by atoms with Gasteiger partial charge in [0.2, 0.25) is 0 Å². The number of halogens is 1. The summed E-state index contributed by atoms with van der Waals surface area (Å²) in [6.45, 7) is 0.309. The molecular formula is C4H10FNO. The molecule has 0 saturated carbocycles. The minimum absolute atomic E-state index is 0.281. The highest BCUT2D eigenvalue weighted by atomic mass is 19.1. The van der Waals surface area contributed by atoms with Crippen LogP contribution in [0.4, 0.5) is 4.39 Å². The molecule has 0 amide bonds. The summed E-state index contributed by atoms with van der Waals surface area (Å²) < 4.78 is 11.2. The first-order valence-electron chi connectivity index (χ1n) is 2.23. The molecule has 0 aromatic heterocycles. The summed E-state index contributed by atoms with van der Waals surface area (Å²) in [6, 6.07) is 0. The van der Waals surface area contributed by atoms with E-state index in [2.05, 4.69) is 10.3 Å². The van der Waals surface area contributed by atoms with Crippen LogP contribution in [0.2, 0.25) is 0 Å². The molecule has 0 aromatic carbocycles. The van der Waals surface area contributed by atoms with Gasteiger partial charge in [-0.1, -0.05) is 0 Å². The number of rotatable bonds is 4. The molecule has 2 nitrogen and oxygen atoms in total. The summed E-state index contributed by atoms with van der Waals surface area (Å²) in [6.07, 6.45) is 0.522. The van der Waals surface area contributed by atoms with Crippen molar-refractivity contribution in [2.24, 2.45) is 0 Å². The molecule has 0 spiro atoms. The quantitative estimate of drug-likeness (QED) is 0.417. The lowest BCUT2D eigenvalue weighted by atomic mass is 10.5. The van der Waals surface area contributed by atoms with Gasteiger partial charge in [-0.15, -0.1) is 0 Å². The van der Waals surface area contributed by atoms with E-state index >= 15 is 0 Å². The first-order valence-corrected chi connectivity index (χ1v) is 2.23. The van der Waals surface area contributed by atoms with Gasteiger partial charge in [0, 0.05) is 6.54 Å². The first-order chi connectivity index (χ1) is 3.41. The van der Waals surface area contributed by atoms with E-state index in [4.69, 9.17) is 0 Å². The Bertz CT molecular complexity index is 30.9. The Morgan fingerprint density at radius 2 is 2.43 bits per heavy atom. The molecule has 0 aliphatic heterocycles. The van der Waals surface area contributed by atoms with E-state index in [0.29, 0.717) is 13.0 Å². The topological polar surface area (TPSA) is 21.3 Å². The van der Waals surface area contributed by atoms with Crippen molar-refractivity contribution in [2.75, 3.05) is 20.3 Å². The Hall–Kier alpha value is -0.150. The van der Waals surface area contributed by atoms with E-state index in [1.807, 2.05) is 0 Å². The third-order valence-corrected chi connectivity index (χ3v) is 0.557. The van der Waals surface area contributed by atoms with E-state index in [1.165, 1.54) is 7.11 Å². The summed E-state index contributed by atoms with van der Waals surface area (Å²) >= 11 is 0. The van der Waals surface area contributed by atoms with Crippen molar-refractivity contribution in [1.29, 1.82) is 0 Å². The first kappa shape index (κ1) is 6.85. The predicted octanol–water partition coefficient (Wildman–Crippen LogP) is 0.497. The molecule has 0 saturated heterocycles. The average molecular weight is 107 g/mol. The highest BCUT2D eigenvalue weighted by Crippen LogP contribution is 1.74. The number of nitrogens with one attached hydrogen (secondary N) is 1. The van der Waals surface area contributed by atoms with Gasteiger partial charge in [0.1, 0.15) is 0 Å². The van der Waals surface area contributed by atoms with Crippen LogP contribution in [0, 0.1) is 0 Å². The van der Waals surface area contributed by atoms with Crippen molar-refractivity contribution in [3.05, 3.63) is 0 Å². The molecule has 0 aliphatic rings. The Labute approximate surface area is 42.6 Å². The minimum Gasteiger partial charge on any atom is -0.305 e. The van der Waals surface area contributed by atoms with E-state index in [0.717, 1.165) is 0 Å². The van der Waals surface area contributed by atoms with Crippen LogP contribution >= 0.6 is 0 Å². The van der Waals surface area contributed by atoms with Crippen molar-refractivity contribution >= 4 is 0 Å². The van der Waals surface area contributed by atoms with Crippen molar-refractivity contribution in [3.8, 4) is 0 Å². The summed E-state index contributed by atoms with van der Waals surface area (Å²) in [5, 5.41) is 0. The smallest absolute Gasteiger partial charge is 0.0907 e. The molecule has 3 heteroatoms. The Balaban J connectivity index is 2.45. The fraction of sp³-hybridized carbons (Fsp3) is 1.00. The van der Waals surface area contributed by atoms with Gasteiger partial charge in [0.25, 0.3) is 0 Å². The molecule has 0 heterocycles. The highest BCUT2D eigenvalue weighted by Gasteiger charge is 1.80. The molecular weight excluding hydrogens is 97.0 g/mol. The van der Waals surface area contributed by atoms with Crippen LogP contribution in [-0.4, -0.2) is 20.3 Å². The summed E-state index contributed by atoms with van der Waals surface area (Å²) in [5.74, 6) is 0. The zero-order valence-corrected chi connectivity index (χ0v) is 4.41. The minimum atomic E-state index is -0.281. The molecule has 0 rings (SSSR count). The van der Waals surface area contributed by atoms with E-state index < -0.39 is 0 Å². The Kier molecular flexibility index (Phi) is 5.72. The Morgan fingerprint density at radius 3 is 2.86 bits per heavy atom. The maximum absolute atomic E-state index is 11.2. The third kappa shape index (κ3) is 5.85. The van der Waals surface area contributed by atoms with E-state index in [9.17, 15) is 4.39 Å². The summed E-state index contributed by atoms with van der Waals surface area (Å²) in [5.41, 5.74) is 2.51. The van der Waals surface area contributed by atoms with Crippen molar-refractivity contribution in [2.45, 2.75) is 6.42 Å². The fourth-order valence-corrected chi connectivity index (χ4v) is 0.241. The molecule has 0 bridgehead atoms. The van der Waals surface area contributed by atoms with Gasteiger partial charge < -0.3 is 4.84 Å². The second kappa shape index (κ2) is 5.85. The van der Waals surface area contributed by atoms with Gasteiger partial charge >= 0.3 is 0 Å². The largest absolute Gasteiger partial charge is 0.305 e. The number of hydrogen-bond donors (Lipinski definition) is 1. The number of hydrogen-bond acceptors (Lipinski definition) is 2. The van der Waals surface area contributed by atoms with Gasteiger partial charge in [0.15, 0.2) is 0 Å². The van der Waals surface area contributed by atoms with Gasteiger partial charge in [-0.25, -0.2) is 5.48 Å². The van der Waals surface area contributed by atoms with Crippen molar-refractivity contribution < 1.29 is 9.23 Å². The maximum Gasteiger partial charge on any atom is 0.0907 e. The van der Waals surface area contributed by atoms with Crippen molar-refractivity contribution in [3.63, 3.8) is 0 Å². The van der Waals surface area contributed by atoms with Crippen LogP contribution in [-0.2, 0) is 4.84 Å². The second-order valence-electron chi connectivity index (χ2n) is 1.14. The molecule has 0 fully saturated rings. The fourth-order valence-electron chi connectivity index (χ4n) is 0.241. The van der Waals surface area contributed by atoms with Gasteiger partial charge in [-0.05, 0) is 6.42 Å². The van der Waals surface area contributed by atoms with Crippen LogP contribution in [0.15, 0.2) is 0 Å². The molecule has 0 unspecified atom stereocenters. The highest BCUT2D eigenvalue weighted by molar-refractivity contribution is 4.32. The molecule has 0 aromatic rings. The molecule has 0 radical (unpaired) electrons. The summed E-state index contributed by atoms with van der Waals surface area (Å²) in [7, 11) is 1.51. The van der Waals surface area contributed by atoms with Crippen LogP contribution in [0.1, 0.15) is 6.42 Å². The molecule has 1 N–H and O–H groups in total. The van der Waals surface area contributed by atoms with E-state index in [1.54, 1.807) is 0 Å². The summed E-state index contributed by atoms with van der Waals surface area (Å²) in [4.78, 5) is 4.43. The van der Waals surface area contributed by atoms with Crippen molar-refractivity contribution in [1.82, 2.24) is 5.48 Å². The Morgan fingerprint density at radius 1 is 1.71 bits per heavy atom. The average Bonchev–Trinajstić information content (AvgIpc) is 1.69. The lowest BCUT2D eigenvalue weighted by Gasteiger charge is -1.94. The lowest BCUT2D eigenvalue weighted by Crippen LogP contribution is -2.13. The standard InChI is InChI=1S/C4H10FNO/c1-7-6-4-2-3-5/h6H,2-4H2,1H3. The SMILES string of the molecule is CONCCCF. The third-order valence-electron chi connectivity index (χ3n) is 0.557. The number of hydroxylamine groups is 1. The maximum atomic E-state index is 11.2. The zero-order chi connectivity index (χ0) is 5.54.